The van der Waals surface area contributed by atoms with Crippen LogP contribution in [0.3, 0.4) is 0 Å². The van der Waals surface area contributed by atoms with Crippen LogP contribution in [0.5, 0.6) is 0 Å². The Morgan fingerprint density at radius 3 is 2.76 bits per heavy atom. The third-order valence-electron chi connectivity index (χ3n) is 3.58. The Morgan fingerprint density at radius 2 is 2.05 bits per heavy atom. The van der Waals surface area contributed by atoms with Gasteiger partial charge in [0.2, 0.25) is 0 Å². The van der Waals surface area contributed by atoms with Crippen LogP contribution < -0.4 is 4.90 Å². The third kappa shape index (κ3) is 2.68. The summed E-state index contributed by atoms with van der Waals surface area (Å²) < 4.78 is 27.3. The van der Waals surface area contributed by atoms with Crippen LogP contribution in [0.25, 0.3) is 0 Å². The Labute approximate surface area is 128 Å². The molecule has 0 amide bonds. The minimum atomic E-state index is -3.42. The number of nitrogens with zero attached hydrogens (tertiary/aromatic N) is 3. The smallest absolute Gasteiger partial charge is 0.252 e. The number of aryl methyl sites for hydroxylation is 1. The predicted molar refractivity (Wildman–Crippen MR) is 84.2 cm³/mol. The van der Waals surface area contributed by atoms with Crippen molar-refractivity contribution in [2.24, 2.45) is 0 Å². The van der Waals surface area contributed by atoms with Gasteiger partial charge in [0.15, 0.2) is 0 Å². The van der Waals surface area contributed by atoms with Crippen LogP contribution in [0.2, 0.25) is 0 Å². The Bertz CT molecular complexity index is 742. The lowest BCUT2D eigenvalue weighted by Gasteiger charge is -2.19. The fourth-order valence-electron chi connectivity index (χ4n) is 2.40. The van der Waals surface area contributed by atoms with Crippen molar-refractivity contribution in [3.05, 3.63) is 40.9 Å². The standard InChI is InChI=1S/C14H17N3O2S2/c1-11-5-6-12-10-17(8-7-16(2)14(12)15-11)21(18,19)13-4-3-9-20-13/h3-6,9H,7-8,10H2,1-2H3. The zero-order valence-electron chi connectivity index (χ0n) is 12.0. The maximum Gasteiger partial charge on any atom is 0.252 e. The number of aromatic nitrogens is 1. The first-order valence-electron chi connectivity index (χ1n) is 6.70. The van der Waals surface area contributed by atoms with E-state index in [0.717, 1.165) is 17.1 Å². The fraction of sp³-hybridized carbons (Fsp3) is 0.357. The van der Waals surface area contributed by atoms with E-state index in [-0.39, 0.29) is 0 Å². The molecular formula is C14H17N3O2S2. The fourth-order valence-corrected chi connectivity index (χ4v) is 4.96. The van der Waals surface area contributed by atoms with Gasteiger partial charge in [-0.05, 0) is 24.4 Å². The van der Waals surface area contributed by atoms with Crippen LogP contribution >= 0.6 is 11.3 Å². The summed E-state index contributed by atoms with van der Waals surface area (Å²) in [5, 5.41) is 1.79. The topological polar surface area (TPSA) is 53.5 Å². The number of rotatable bonds is 2. The molecule has 0 unspecified atom stereocenters. The molecule has 0 spiro atoms. The van der Waals surface area contributed by atoms with Crippen molar-refractivity contribution in [1.82, 2.24) is 9.29 Å². The number of hydrogen-bond acceptors (Lipinski definition) is 5. The van der Waals surface area contributed by atoms with Gasteiger partial charge in [-0.1, -0.05) is 12.1 Å². The highest BCUT2D eigenvalue weighted by atomic mass is 32.2. The van der Waals surface area contributed by atoms with E-state index < -0.39 is 10.0 Å². The molecule has 0 bridgehead atoms. The van der Waals surface area contributed by atoms with Gasteiger partial charge >= 0.3 is 0 Å². The van der Waals surface area contributed by atoms with Gasteiger partial charge in [-0.25, -0.2) is 13.4 Å². The molecule has 0 saturated heterocycles. The summed E-state index contributed by atoms with van der Waals surface area (Å²) in [6.07, 6.45) is 0. The Balaban J connectivity index is 1.99. The number of pyridine rings is 1. The van der Waals surface area contributed by atoms with Gasteiger partial charge in [0.25, 0.3) is 10.0 Å². The first-order chi connectivity index (χ1) is 9.98. The Kier molecular flexibility index (Phi) is 3.73. The Hall–Kier alpha value is -1.44. The number of fused-ring (bicyclic) bond motifs is 1. The second-order valence-corrected chi connectivity index (χ2v) is 8.24. The maximum absolute atomic E-state index is 12.7. The lowest BCUT2D eigenvalue weighted by atomic mass is 10.2. The summed E-state index contributed by atoms with van der Waals surface area (Å²) in [5.74, 6) is 0.874. The van der Waals surface area contributed by atoms with Gasteiger partial charge in [0.1, 0.15) is 10.0 Å². The van der Waals surface area contributed by atoms with E-state index in [2.05, 4.69) is 4.98 Å². The predicted octanol–water partition coefficient (Wildman–Crippen LogP) is 2.09. The van der Waals surface area contributed by atoms with Crippen LogP contribution in [-0.2, 0) is 16.6 Å². The molecule has 0 N–H and O–H groups in total. The van der Waals surface area contributed by atoms with Gasteiger partial charge in [-0.2, -0.15) is 4.31 Å². The number of thiophene rings is 1. The minimum Gasteiger partial charge on any atom is -0.358 e. The normalized spacial score (nSPS) is 16.6. The molecule has 0 aromatic carbocycles. The van der Waals surface area contributed by atoms with Gasteiger partial charge < -0.3 is 4.90 Å². The molecule has 1 aliphatic rings. The molecular weight excluding hydrogens is 306 g/mol. The number of sulfonamides is 1. The molecule has 0 radical (unpaired) electrons. The van der Waals surface area contributed by atoms with Crippen LogP contribution in [0.4, 0.5) is 5.82 Å². The van der Waals surface area contributed by atoms with E-state index in [1.807, 2.05) is 31.0 Å². The van der Waals surface area contributed by atoms with Crippen molar-refractivity contribution >= 4 is 27.2 Å². The van der Waals surface area contributed by atoms with Gasteiger partial charge in [0.05, 0.1) is 0 Å². The molecule has 5 nitrogen and oxygen atoms in total. The second kappa shape index (κ2) is 5.40. The molecule has 2 aromatic heterocycles. The summed E-state index contributed by atoms with van der Waals surface area (Å²) in [7, 11) is -1.47. The molecule has 2 aromatic rings. The first kappa shape index (κ1) is 14.5. The molecule has 0 atom stereocenters. The summed E-state index contributed by atoms with van der Waals surface area (Å²) in [5.41, 5.74) is 1.89. The van der Waals surface area contributed by atoms with E-state index in [1.165, 1.54) is 15.6 Å². The zero-order chi connectivity index (χ0) is 15.0. The molecule has 0 fully saturated rings. The minimum absolute atomic E-state index is 0.368. The molecule has 3 heterocycles. The monoisotopic (exact) mass is 323 g/mol. The SMILES string of the molecule is Cc1ccc2c(n1)N(C)CCN(S(=O)(=O)c1cccs1)C2. The molecule has 3 rings (SSSR count). The Morgan fingerprint density at radius 1 is 1.24 bits per heavy atom. The van der Waals surface area contributed by atoms with Crippen molar-refractivity contribution in [3.63, 3.8) is 0 Å². The van der Waals surface area contributed by atoms with Crippen molar-refractivity contribution in [2.45, 2.75) is 17.7 Å². The summed E-state index contributed by atoms with van der Waals surface area (Å²) >= 11 is 1.26. The van der Waals surface area contributed by atoms with E-state index >= 15 is 0 Å². The van der Waals surface area contributed by atoms with Gasteiger partial charge in [-0.3, -0.25) is 0 Å². The molecule has 0 saturated carbocycles. The van der Waals surface area contributed by atoms with E-state index in [4.69, 9.17) is 0 Å². The first-order valence-corrected chi connectivity index (χ1v) is 9.02. The van der Waals surface area contributed by atoms with E-state index in [0.29, 0.717) is 23.8 Å². The zero-order valence-corrected chi connectivity index (χ0v) is 13.6. The number of anilines is 1. The molecule has 21 heavy (non-hydrogen) atoms. The average Bonchev–Trinajstić information content (AvgIpc) is 2.93. The van der Waals surface area contributed by atoms with E-state index in [1.54, 1.807) is 17.5 Å². The van der Waals surface area contributed by atoms with E-state index in [9.17, 15) is 8.42 Å². The summed E-state index contributed by atoms with van der Waals surface area (Å²) in [4.78, 5) is 6.56. The molecule has 7 heteroatoms. The lowest BCUT2D eigenvalue weighted by molar-refractivity contribution is 0.421. The molecule has 112 valence electrons. The largest absolute Gasteiger partial charge is 0.358 e. The van der Waals surface area contributed by atoms with Gasteiger partial charge in [-0.15, -0.1) is 11.3 Å². The van der Waals surface area contributed by atoms with Crippen LogP contribution in [0.1, 0.15) is 11.3 Å². The molecule has 1 aliphatic heterocycles. The average molecular weight is 323 g/mol. The van der Waals surface area contributed by atoms with Crippen molar-refractivity contribution in [3.8, 4) is 0 Å². The second-order valence-electron chi connectivity index (χ2n) is 5.13. The van der Waals surface area contributed by atoms with Crippen molar-refractivity contribution < 1.29 is 8.42 Å². The van der Waals surface area contributed by atoms with Crippen LogP contribution in [0, 0.1) is 6.92 Å². The summed E-state index contributed by atoms with van der Waals surface area (Å²) in [6.45, 7) is 3.41. The third-order valence-corrected chi connectivity index (χ3v) is 6.80. The van der Waals surface area contributed by atoms with Crippen molar-refractivity contribution in [1.29, 1.82) is 0 Å². The number of hydrogen-bond donors (Lipinski definition) is 0. The summed E-state index contributed by atoms with van der Waals surface area (Å²) in [6, 6.07) is 7.31. The molecule has 0 aliphatic carbocycles. The van der Waals surface area contributed by atoms with Crippen molar-refractivity contribution in [2.75, 3.05) is 25.0 Å². The quantitative estimate of drug-likeness (QED) is 0.849. The highest BCUT2D eigenvalue weighted by Crippen LogP contribution is 2.27. The maximum atomic E-state index is 12.7. The lowest BCUT2D eigenvalue weighted by Crippen LogP contribution is -2.34. The highest BCUT2D eigenvalue weighted by molar-refractivity contribution is 7.91. The number of likely N-dealkylation sites (N-methyl/N-ethyl adjacent to an activating group) is 1. The highest BCUT2D eigenvalue weighted by Gasteiger charge is 2.29. The van der Waals surface area contributed by atoms with Crippen LogP contribution in [0.15, 0.2) is 33.9 Å². The van der Waals surface area contributed by atoms with Gasteiger partial charge in [0, 0.05) is 37.9 Å². The van der Waals surface area contributed by atoms with Crippen LogP contribution in [-0.4, -0.2) is 37.8 Å².